The molecule has 6 heteroatoms. The Hall–Kier alpha value is -1.87. The fourth-order valence-corrected chi connectivity index (χ4v) is 1.99. The number of ketones is 1. The van der Waals surface area contributed by atoms with Crippen molar-refractivity contribution >= 4 is 33.7 Å². The largest absolute Gasteiger partial charge is 0.465 e. The topological polar surface area (TPSA) is 69.7 Å². The molecule has 118 valence electrons. The van der Waals surface area contributed by atoms with Crippen molar-refractivity contribution in [3.8, 4) is 0 Å². The average molecular weight is 369 g/mol. The summed E-state index contributed by atoms with van der Waals surface area (Å²) < 4.78 is 10.5. The molecule has 0 unspecified atom stereocenters. The molecule has 0 bridgehead atoms. The minimum Gasteiger partial charge on any atom is -0.465 e. The Bertz CT molecular complexity index is 532. The first-order chi connectivity index (χ1) is 10.3. The second-order valence-electron chi connectivity index (χ2n) is 4.72. The Balaban J connectivity index is 3.01. The normalized spacial score (nSPS) is 10.5. The fourth-order valence-electron chi connectivity index (χ4n) is 1.75. The van der Waals surface area contributed by atoms with E-state index in [4.69, 9.17) is 9.47 Å². The minimum absolute atomic E-state index is 0.111. The molecule has 1 aromatic rings. The Morgan fingerprint density at radius 3 is 2.05 bits per heavy atom. The van der Waals surface area contributed by atoms with Gasteiger partial charge in [-0.2, -0.15) is 0 Å². The molecule has 1 rings (SSSR count). The molecule has 0 aliphatic carbocycles. The molecular weight excluding hydrogens is 352 g/mol. The second-order valence-corrected chi connectivity index (χ2v) is 5.57. The van der Waals surface area contributed by atoms with Gasteiger partial charge in [-0.1, -0.05) is 12.1 Å². The second kappa shape index (κ2) is 7.95. The summed E-state index contributed by atoms with van der Waals surface area (Å²) in [6.07, 6.45) is -0.351. The zero-order valence-electron chi connectivity index (χ0n) is 12.7. The van der Waals surface area contributed by atoms with E-state index in [2.05, 4.69) is 28.1 Å². The molecule has 5 nitrogen and oxygen atoms in total. The van der Waals surface area contributed by atoms with Gasteiger partial charge in [-0.15, -0.1) is 0 Å². The van der Waals surface area contributed by atoms with Gasteiger partial charge in [-0.05, 0) is 48.8 Å². The summed E-state index contributed by atoms with van der Waals surface area (Å²) in [7, 11) is 0. The third-order valence-electron chi connectivity index (χ3n) is 2.98. The van der Waals surface area contributed by atoms with E-state index in [1.807, 2.05) is 0 Å². The number of hydrogen-bond acceptors (Lipinski definition) is 5. The molecule has 0 saturated carbocycles. The van der Waals surface area contributed by atoms with Gasteiger partial charge in [0.15, 0.2) is 11.2 Å². The Morgan fingerprint density at radius 2 is 1.64 bits per heavy atom. The number of rotatable bonds is 7. The Labute approximate surface area is 138 Å². The highest BCUT2D eigenvalue weighted by Crippen LogP contribution is 2.27. The van der Waals surface area contributed by atoms with Crippen LogP contribution in [0.2, 0.25) is 0 Å². The van der Waals surface area contributed by atoms with Gasteiger partial charge in [-0.3, -0.25) is 14.4 Å². The van der Waals surface area contributed by atoms with Gasteiger partial charge >= 0.3 is 11.9 Å². The van der Waals surface area contributed by atoms with E-state index >= 15 is 0 Å². The Morgan fingerprint density at radius 1 is 1.09 bits per heavy atom. The minimum atomic E-state index is -1.68. The first kappa shape index (κ1) is 18.2. The molecule has 0 radical (unpaired) electrons. The van der Waals surface area contributed by atoms with E-state index in [0.29, 0.717) is 4.47 Å². The average Bonchev–Trinajstić information content (AvgIpc) is 2.48. The number of halogens is 1. The molecule has 0 heterocycles. The molecular formula is C16H17BrO5. The first-order valence-corrected chi connectivity index (χ1v) is 7.61. The maximum atomic E-state index is 12.3. The summed E-state index contributed by atoms with van der Waals surface area (Å²) in [5.41, 5.74) is -1.44. The number of Topliss-reactive ketones (excluding diaryl/α,β-unsaturated/α-hetero) is 1. The van der Waals surface area contributed by atoms with Gasteiger partial charge in [0.25, 0.3) is 0 Å². The number of esters is 2. The highest BCUT2D eigenvalue weighted by Gasteiger charge is 2.46. The fraction of sp³-hybridized carbons (Fsp3) is 0.438. The molecule has 0 saturated heterocycles. The third-order valence-corrected chi connectivity index (χ3v) is 3.44. The van der Waals surface area contributed by atoms with Crippen molar-refractivity contribution in [3.05, 3.63) is 34.3 Å². The van der Waals surface area contributed by atoms with Gasteiger partial charge in [-0.25, -0.2) is 0 Å². The monoisotopic (exact) mass is 368 g/mol. The van der Waals surface area contributed by atoms with Crippen LogP contribution in [0.4, 0.5) is 0 Å². The molecule has 0 N–H and O–H groups in total. The summed E-state index contributed by atoms with van der Waals surface area (Å²) in [5.74, 6) is -1.96. The van der Waals surface area contributed by atoms with Crippen LogP contribution in [0.15, 0.2) is 16.6 Å². The van der Waals surface area contributed by atoms with Crippen LogP contribution < -0.4 is 0 Å². The van der Waals surface area contributed by atoms with Gasteiger partial charge in [0.1, 0.15) is 0 Å². The van der Waals surface area contributed by atoms with Gasteiger partial charge in [0.05, 0.1) is 23.2 Å². The predicted octanol–water partition coefficient (Wildman–Crippen LogP) is 2.75. The lowest BCUT2D eigenvalue weighted by atomic mass is 9.83. The third kappa shape index (κ3) is 4.31. The summed E-state index contributed by atoms with van der Waals surface area (Å²) in [6, 6.07) is 8.57. The van der Waals surface area contributed by atoms with Crippen LogP contribution in [0.25, 0.3) is 0 Å². The van der Waals surface area contributed by atoms with E-state index < -0.39 is 23.1 Å². The van der Waals surface area contributed by atoms with Gasteiger partial charge in [0.2, 0.25) is 0 Å². The molecule has 0 amide bonds. The van der Waals surface area contributed by atoms with Crippen LogP contribution in [0, 0.1) is 17.5 Å². The van der Waals surface area contributed by atoms with Crippen LogP contribution in [0.5, 0.6) is 0 Å². The van der Waals surface area contributed by atoms with Crippen LogP contribution in [-0.2, 0) is 19.1 Å². The Kier molecular flexibility index (Phi) is 6.57. The molecule has 0 fully saturated rings. The summed E-state index contributed by atoms with van der Waals surface area (Å²) >= 11 is 3.20. The van der Waals surface area contributed by atoms with E-state index in [0.717, 1.165) is 0 Å². The number of hydrogen-bond donors (Lipinski definition) is 0. The van der Waals surface area contributed by atoms with Crippen molar-refractivity contribution in [1.29, 1.82) is 0 Å². The highest BCUT2D eigenvalue weighted by molar-refractivity contribution is 9.10. The van der Waals surface area contributed by atoms with E-state index in [-0.39, 0.29) is 25.2 Å². The van der Waals surface area contributed by atoms with Crippen LogP contribution in [0.3, 0.4) is 0 Å². The molecule has 1 aromatic carbocycles. The number of carbonyl (C=O) groups excluding carboxylic acids is 3. The zero-order valence-corrected chi connectivity index (χ0v) is 14.3. The first-order valence-electron chi connectivity index (χ1n) is 6.82. The molecule has 0 aliphatic rings. The summed E-state index contributed by atoms with van der Waals surface area (Å²) in [6.45, 7) is 4.83. The van der Waals surface area contributed by atoms with Crippen molar-refractivity contribution in [3.63, 3.8) is 0 Å². The van der Waals surface area contributed by atoms with Crippen molar-refractivity contribution in [1.82, 2.24) is 0 Å². The van der Waals surface area contributed by atoms with Crippen LogP contribution >= 0.6 is 15.9 Å². The lowest BCUT2D eigenvalue weighted by Crippen LogP contribution is -2.41. The van der Waals surface area contributed by atoms with Crippen molar-refractivity contribution in [2.75, 3.05) is 13.2 Å². The zero-order chi connectivity index (χ0) is 16.8. The lowest BCUT2D eigenvalue weighted by Gasteiger charge is -2.24. The lowest BCUT2D eigenvalue weighted by molar-refractivity contribution is -0.170. The smallest absolute Gasteiger partial charge is 0.323 e. The molecule has 22 heavy (non-hydrogen) atoms. The van der Waals surface area contributed by atoms with Crippen molar-refractivity contribution in [2.24, 2.45) is 5.41 Å². The van der Waals surface area contributed by atoms with E-state index in [1.54, 1.807) is 26.0 Å². The van der Waals surface area contributed by atoms with Gasteiger partial charge in [0, 0.05) is 6.42 Å². The molecule has 0 aliphatic heterocycles. The molecule has 0 spiro atoms. The summed E-state index contributed by atoms with van der Waals surface area (Å²) in [4.78, 5) is 36.5. The van der Waals surface area contributed by atoms with Crippen LogP contribution in [0.1, 0.15) is 37.6 Å². The van der Waals surface area contributed by atoms with Crippen molar-refractivity contribution in [2.45, 2.75) is 27.2 Å². The molecule has 0 aromatic heterocycles. The highest BCUT2D eigenvalue weighted by atomic mass is 79.9. The standard InChI is InChI=1S/C16H17BrO5/c1-4-21-14(19)16(3,15(20)22-5-2)10-13(18)11-6-8-12(17)9-7-11/h6,8H,4-5,10H2,1-3H3. The molecule has 0 atom stereocenters. The van der Waals surface area contributed by atoms with E-state index in [9.17, 15) is 14.4 Å². The van der Waals surface area contributed by atoms with Crippen molar-refractivity contribution < 1.29 is 23.9 Å². The predicted molar refractivity (Wildman–Crippen MR) is 82.1 cm³/mol. The number of carbonyl (C=O) groups is 3. The SMILES string of the molecule is CCOC(=O)C(C)(CC(=O)c1c#cc(Br)cc1)C(=O)OCC. The maximum absolute atomic E-state index is 12.3. The quantitative estimate of drug-likeness (QED) is 0.420. The van der Waals surface area contributed by atoms with Crippen LogP contribution in [-0.4, -0.2) is 30.9 Å². The van der Waals surface area contributed by atoms with Gasteiger partial charge < -0.3 is 9.47 Å². The number of ether oxygens (including phenoxy) is 2. The maximum Gasteiger partial charge on any atom is 0.323 e. The summed E-state index contributed by atoms with van der Waals surface area (Å²) in [5, 5.41) is 0. The van der Waals surface area contributed by atoms with E-state index in [1.165, 1.54) is 6.92 Å².